The molecule has 382 valence electrons. The molecule has 2 aliphatic heterocycles. The van der Waals surface area contributed by atoms with E-state index in [1.54, 1.807) is 72.8 Å². The lowest BCUT2D eigenvalue weighted by molar-refractivity contribution is 0.0606. The summed E-state index contributed by atoms with van der Waals surface area (Å²) in [4.78, 5) is 56.8. The second-order valence-electron chi connectivity index (χ2n) is 18.1. The number of benzene rings is 5. The van der Waals surface area contributed by atoms with Crippen molar-refractivity contribution in [2.45, 2.75) is 78.9 Å². The molecule has 0 fully saturated rings. The van der Waals surface area contributed by atoms with Crippen molar-refractivity contribution in [1.29, 1.82) is 0 Å². The van der Waals surface area contributed by atoms with Crippen molar-refractivity contribution in [3.63, 3.8) is 0 Å². The number of nitrogens with zero attached hydrogens (tertiary/aromatic N) is 4. The maximum atomic E-state index is 12.6. The minimum atomic E-state index is -0.367. The van der Waals surface area contributed by atoms with E-state index in [2.05, 4.69) is 4.90 Å². The highest BCUT2D eigenvalue weighted by Gasteiger charge is 2.38. The Kier molecular flexibility index (Phi) is 24.8. The number of rotatable bonds is 13. The number of aromatic hydroxyl groups is 3. The molecular formula is C53H73ClN6O7S3. The number of halogens is 1. The van der Waals surface area contributed by atoms with Gasteiger partial charge in [0.05, 0.1) is 22.3 Å². The van der Waals surface area contributed by atoms with Crippen LogP contribution in [-0.2, 0) is 19.3 Å². The van der Waals surface area contributed by atoms with E-state index in [1.807, 2.05) is 86.8 Å². The number of carbonyl (C=O) groups is 4. The standard InChI is InChI=1S/C21H24N2O3.C19H20N2O3.C13H22N2O.ClH.3H2S/c1-13-9-16(24)10-14(2)19(13)11-15(22(3)4)12-23-20(25)17-7-5-6-8-18(17)21(23)26;1-11-7-14(22)8-12(2)17(11)9-13(20)10-21-18(23)15-5-3-4-6-16(15)19(21)24;1-9-5-12(16)6-10(2)13(9)7-11(8-14)15(3)4;;;;/h5-10,15,24H,11-12H2,1-4H3;3-8,13,22H,9-10,20H2,1-2H3;5-6,11,16H,7-8,14H2,1-4H3;1H;3*1H2/t15-;13-;11-;;;;/m000..../s1. The molecule has 4 amide bonds. The van der Waals surface area contributed by atoms with Crippen LogP contribution in [0, 0.1) is 41.5 Å². The van der Waals surface area contributed by atoms with Crippen molar-refractivity contribution in [1.82, 2.24) is 19.6 Å². The number of carbonyl (C=O) groups excluding carboxylic acids is 4. The van der Waals surface area contributed by atoms with Crippen molar-refractivity contribution >= 4 is 76.5 Å². The molecule has 0 saturated heterocycles. The summed E-state index contributed by atoms with van der Waals surface area (Å²) < 4.78 is 0. The van der Waals surface area contributed by atoms with Gasteiger partial charge in [-0.05, 0) is 200 Å². The number of imide groups is 2. The molecule has 13 nitrogen and oxygen atoms in total. The van der Waals surface area contributed by atoms with E-state index in [0.29, 0.717) is 60.0 Å². The monoisotopic (exact) mass is 1040 g/mol. The highest BCUT2D eigenvalue weighted by molar-refractivity contribution is 7.59. The summed E-state index contributed by atoms with van der Waals surface area (Å²) in [7, 11) is 7.99. The quantitative estimate of drug-likeness (QED) is 0.0752. The van der Waals surface area contributed by atoms with E-state index in [4.69, 9.17) is 11.5 Å². The Morgan fingerprint density at radius 2 is 0.729 bits per heavy atom. The van der Waals surface area contributed by atoms with Gasteiger partial charge in [-0.15, -0.1) is 12.4 Å². The Bertz CT molecular complexity index is 2490. The summed E-state index contributed by atoms with van der Waals surface area (Å²) in [6, 6.07) is 24.2. The number of nitrogens with two attached hydrogens (primary N) is 2. The number of likely N-dealkylation sites (N-methyl/N-ethyl adjacent to an activating group) is 2. The molecule has 0 spiro atoms. The van der Waals surface area contributed by atoms with Gasteiger partial charge in [0, 0.05) is 37.8 Å². The summed E-state index contributed by atoms with van der Waals surface area (Å²) in [5.41, 5.74) is 23.5. The molecule has 0 aliphatic carbocycles. The van der Waals surface area contributed by atoms with Crippen LogP contribution in [0.25, 0.3) is 0 Å². The number of hydrogen-bond donors (Lipinski definition) is 5. The minimum Gasteiger partial charge on any atom is -0.508 e. The third-order valence-corrected chi connectivity index (χ3v) is 12.7. The Hall–Kier alpha value is -5.04. The van der Waals surface area contributed by atoms with E-state index in [-0.39, 0.29) is 107 Å². The van der Waals surface area contributed by atoms with E-state index >= 15 is 0 Å². The van der Waals surface area contributed by atoms with Gasteiger partial charge in [-0.1, -0.05) is 24.3 Å². The van der Waals surface area contributed by atoms with Crippen LogP contribution in [0.5, 0.6) is 17.2 Å². The zero-order valence-corrected chi connectivity index (χ0v) is 45.7. The minimum absolute atomic E-state index is 0. The van der Waals surface area contributed by atoms with E-state index in [9.17, 15) is 34.5 Å². The molecule has 0 aromatic heterocycles. The van der Waals surface area contributed by atoms with Crippen molar-refractivity contribution in [2.75, 3.05) is 47.8 Å². The molecule has 0 saturated carbocycles. The molecule has 0 radical (unpaired) electrons. The van der Waals surface area contributed by atoms with Crippen LogP contribution >= 0.6 is 52.9 Å². The lowest BCUT2D eigenvalue weighted by Crippen LogP contribution is -2.44. The van der Waals surface area contributed by atoms with Crippen LogP contribution in [0.3, 0.4) is 0 Å². The van der Waals surface area contributed by atoms with Gasteiger partial charge in [-0.3, -0.25) is 29.0 Å². The predicted molar refractivity (Wildman–Crippen MR) is 298 cm³/mol. The first-order valence-corrected chi connectivity index (χ1v) is 22.2. The van der Waals surface area contributed by atoms with Gasteiger partial charge in [0.25, 0.3) is 23.6 Å². The first-order valence-electron chi connectivity index (χ1n) is 22.2. The first kappa shape index (κ1) is 63.0. The number of fused-ring (bicyclic) bond motifs is 2. The molecule has 5 aromatic carbocycles. The average Bonchev–Trinajstić information content (AvgIpc) is 3.63. The normalized spacial score (nSPS) is 13.6. The molecule has 0 bridgehead atoms. The van der Waals surface area contributed by atoms with Crippen molar-refractivity contribution in [3.05, 3.63) is 157 Å². The van der Waals surface area contributed by atoms with Crippen molar-refractivity contribution < 1.29 is 34.5 Å². The maximum absolute atomic E-state index is 12.6. The Balaban J connectivity index is 0.000000524. The molecule has 3 atom stereocenters. The fourth-order valence-corrected chi connectivity index (χ4v) is 8.82. The summed E-state index contributed by atoms with van der Waals surface area (Å²) in [5.74, 6) is -0.204. The highest BCUT2D eigenvalue weighted by atomic mass is 35.5. The predicted octanol–water partition coefficient (Wildman–Crippen LogP) is 7.15. The summed E-state index contributed by atoms with van der Waals surface area (Å²) in [5, 5.41) is 28.9. The number of aryl methyl sites for hydroxylation is 6. The van der Waals surface area contributed by atoms with E-state index in [1.165, 1.54) is 15.4 Å². The zero-order valence-electron chi connectivity index (χ0n) is 41.9. The van der Waals surface area contributed by atoms with Gasteiger partial charge in [-0.2, -0.15) is 40.5 Å². The molecule has 7 N–H and O–H groups in total. The number of amides is 4. The Labute approximate surface area is 441 Å². The van der Waals surface area contributed by atoms with Crippen LogP contribution in [0.15, 0.2) is 84.9 Å². The van der Waals surface area contributed by atoms with Crippen LogP contribution < -0.4 is 11.5 Å². The molecule has 5 aromatic rings. The van der Waals surface area contributed by atoms with Crippen LogP contribution in [-0.4, -0.2) is 124 Å². The van der Waals surface area contributed by atoms with Crippen molar-refractivity contribution in [2.24, 2.45) is 11.5 Å². The Morgan fingerprint density at radius 1 is 0.471 bits per heavy atom. The second kappa shape index (κ2) is 27.5. The first-order chi connectivity index (χ1) is 31.1. The lowest BCUT2D eigenvalue weighted by atomic mass is 9.95. The SMILES string of the molecule is Cc1cc(O)cc(C)c1C[C@@H](CN)N(C)C.Cc1cc(O)cc(C)c1C[C@@H](CN1C(=O)c2ccccc2C1=O)N(C)C.Cc1cc(O)cc(C)c1C[C@H](N)CN1C(=O)c2ccccc2C1=O.Cl.S.S.S. The van der Waals surface area contributed by atoms with Gasteiger partial charge in [0.1, 0.15) is 17.2 Å². The van der Waals surface area contributed by atoms with Crippen LogP contribution in [0.4, 0.5) is 0 Å². The maximum Gasteiger partial charge on any atom is 0.261 e. The fourth-order valence-electron chi connectivity index (χ4n) is 8.82. The molecule has 2 heterocycles. The van der Waals surface area contributed by atoms with Gasteiger partial charge in [0.2, 0.25) is 0 Å². The van der Waals surface area contributed by atoms with Gasteiger partial charge >= 0.3 is 0 Å². The number of phenols is 3. The van der Waals surface area contributed by atoms with Gasteiger partial charge in [-0.25, -0.2) is 0 Å². The summed E-state index contributed by atoms with van der Waals surface area (Å²) >= 11 is 0. The van der Waals surface area contributed by atoms with E-state index < -0.39 is 0 Å². The smallest absolute Gasteiger partial charge is 0.261 e. The zero-order chi connectivity index (χ0) is 48.7. The summed E-state index contributed by atoms with van der Waals surface area (Å²) in [6.07, 6.45) is 2.16. The third-order valence-electron chi connectivity index (χ3n) is 12.7. The molecule has 17 heteroatoms. The van der Waals surface area contributed by atoms with Crippen LogP contribution in [0.1, 0.15) is 91.5 Å². The molecule has 0 unspecified atom stereocenters. The van der Waals surface area contributed by atoms with Crippen molar-refractivity contribution in [3.8, 4) is 17.2 Å². The average molecular weight is 1040 g/mol. The summed E-state index contributed by atoms with van der Waals surface area (Å²) in [6.45, 7) is 13.0. The second-order valence-corrected chi connectivity index (χ2v) is 18.1. The van der Waals surface area contributed by atoms with E-state index in [0.717, 1.165) is 50.9 Å². The number of hydrogen-bond acceptors (Lipinski definition) is 11. The highest BCUT2D eigenvalue weighted by Crippen LogP contribution is 2.28. The lowest BCUT2D eigenvalue weighted by Gasteiger charge is -2.29. The number of phenolic OH excluding ortho intramolecular Hbond substituents is 3. The van der Waals surface area contributed by atoms with Gasteiger partial charge < -0.3 is 36.6 Å². The Morgan fingerprint density at radius 3 is 1.00 bits per heavy atom. The molecular weight excluding hydrogens is 964 g/mol. The molecule has 70 heavy (non-hydrogen) atoms. The molecule has 2 aliphatic rings. The molecule has 7 rings (SSSR count). The third kappa shape index (κ3) is 15.0. The van der Waals surface area contributed by atoms with Crippen LogP contribution in [0.2, 0.25) is 0 Å². The van der Waals surface area contributed by atoms with Gasteiger partial charge in [0.15, 0.2) is 0 Å². The fraction of sp³-hybridized carbons (Fsp3) is 0.358. The topological polar surface area (TPSA) is 194 Å². The largest absolute Gasteiger partial charge is 0.508 e.